The molecule has 1 aliphatic carbocycles. The minimum absolute atomic E-state index is 0.0173. The number of hydrogen-bond donors (Lipinski definition) is 2. The van der Waals surface area contributed by atoms with Gasteiger partial charge in [0, 0.05) is 6.04 Å². The Labute approximate surface area is 148 Å². The molecule has 138 valence electrons. The fraction of sp³-hybridized carbons (Fsp3) is 0.556. The van der Waals surface area contributed by atoms with Crippen LogP contribution in [0.4, 0.5) is 0 Å². The number of hydrogen-bond acceptors (Lipinski definition) is 4. The maximum Gasteiger partial charge on any atom is 0.306 e. The summed E-state index contributed by atoms with van der Waals surface area (Å²) < 4.78 is 24.2. The molecule has 0 spiro atoms. The molecule has 0 saturated heterocycles. The molecule has 0 radical (unpaired) electrons. The van der Waals surface area contributed by atoms with Crippen LogP contribution in [0, 0.1) is 5.92 Å². The van der Waals surface area contributed by atoms with Crippen molar-refractivity contribution < 1.29 is 23.1 Å². The first-order chi connectivity index (χ1) is 11.7. The van der Waals surface area contributed by atoms with Gasteiger partial charge in [0.25, 0.3) is 0 Å². The maximum absolute atomic E-state index is 12.1. The van der Waals surface area contributed by atoms with Gasteiger partial charge in [0.2, 0.25) is 5.91 Å². The van der Waals surface area contributed by atoms with E-state index in [1.54, 1.807) is 26.0 Å². The number of amides is 1. The molecule has 0 heterocycles. The Balaban J connectivity index is 1.88. The van der Waals surface area contributed by atoms with Crippen LogP contribution in [0.5, 0.6) is 0 Å². The summed E-state index contributed by atoms with van der Waals surface area (Å²) in [5.74, 6) is -1.19. The van der Waals surface area contributed by atoms with E-state index in [0.717, 1.165) is 5.56 Å². The number of carbonyl (C=O) groups excluding carboxylic acids is 1. The van der Waals surface area contributed by atoms with Gasteiger partial charge in [-0.05, 0) is 57.2 Å². The molecular weight excluding hydrogens is 342 g/mol. The van der Waals surface area contributed by atoms with Crippen molar-refractivity contribution in [3.8, 4) is 0 Å². The first kappa shape index (κ1) is 19.4. The lowest BCUT2D eigenvalue weighted by molar-refractivity contribution is -0.142. The van der Waals surface area contributed by atoms with E-state index in [-0.39, 0.29) is 29.2 Å². The van der Waals surface area contributed by atoms with Crippen LogP contribution in [0.2, 0.25) is 0 Å². The second-order valence-electron chi connectivity index (χ2n) is 6.87. The predicted molar refractivity (Wildman–Crippen MR) is 94.0 cm³/mol. The first-order valence-corrected chi connectivity index (χ1v) is 10.1. The highest BCUT2D eigenvalue weighted by Crippen LogP contribution is 2.24. The summed E-state index contributed by atoms with van der Waals surface area (Å²) in [5, 5.41) is 11.4. The van der Waals surface area contributed by atoms with Crippen molar-refractivity contribution in [2.75, 3.05) is 0 Å². The SMILES string of the molecule is CC(C)S(=O)(=O)c1ccc(CC(=O)NC2CCC(C(=O)O)CC2)cc1. The molecule has 1 fully saturated rings. The van der Waals surface area contributed by atoms with E-state index in [9.17, 15) is 18.0 Å². The number of carboxylic acids is 1. The van der Waals surface area contributed by atoms with E-state index < -0.39 is 21.1 Å². The Kier molecular flexibility index (Phi) is 6.21. The fourth-order valence-electron chi connectivity index (χ4n) is 3.02. The minimum Gasteiger partial charge on any atom is -0.481 e. The standard InChI is InChI=1S/C18H25NO5S/c1-12(2)25(23,24)16-9-3-13(4-10-16)11-17(20)19-15-7-5-14(6-8-15)18(21)22/h3-4,9-10,12,14-15H,5-8,11H2,1-2H3,(H,19,20)(H,21,22). The largest absolute Gasteiger partial charge is 0.481 e. The third-order valence-corrected chi connectivity index (χ3v) is 6.85. The van der Waals surface area contributed by atoms with Crippen LogP contribution < -0.4 is 5.32 Å². The number of nitrogens with one attached hydrogen (secondary N) is 1. The highest BCUT2D eigenvalue weighted by atomic mass is 32.2. The average Bonchev–Trinajstić information content (AvgIpc) is 2.55. The van der Waals surface area contributed by atoms with Gasteiger partial charge in [-0.2, -0.15) is 0 Å². The fourth-order valence-corrected chi connectivity index (χ4v) is 4.08. The molecule has 1 saturated carbocycles. The summed E-state index contributed by atoms with van der Waals surface area (Å²) in [6, 6.07) is 6.42. The number of rotatable bonds is 6. The molecule has 2 N–H and O–H groups in total. The average molecular weight is 367 g/mol. The van der Waals surface area contributed by atoms with Gasteiger partial charge in [0.05, 0.1) is 22.5 Å². The number of aliphatic carboxylic acids is 1. The quantitative estimate of drug-likeness (QED) is 0.802. The maximum atomic E-state index is 12.1. The topological polar surface area (TPSA) is 101 Å². The molecule has 1 amide bonds. The monoisotopic (exact) mass is 367 g/mol. The summed E-state index contributed by atoms with van der Waals surface area (Å²) in [5.41, 5.74) is 0.749. The van der Waals surface area contributed by atoms with Crippen LogP contribution in [0.1, 0.15) is 45.1 Å². The lowest BCUT2D eigenvalue weighted by Gasteiger charge is -2.26. The third kappa shape index (κ3) is 5.04. The predicted octanol–water partition coefficient (Wildman–Crippen LogP) is 2.17. The van der Waals surface area contributed by atoms with Gasteiger partial charge >= 0.3 is 5.97 Å². The summed E-state index contributed by atoms with van der Waals surface area (Å²) >= 11 is 0. The van der Waals surface area contributed by atoms with Gasteiger partial charge in [-0.25, -0.2) is 8.42 Å². The summed E-state index contributed by atoms with van der Waals surface area (Å²) in [6.45, 7) is 3.27. The molecule has 25 heavy (non-hydrogen) atoms. The van der Waals surface area contributed by atoms with Crippen molar-refractivity contribution in [2.24, 2.45) is 5.92 Å². The van der Waals surface area contributed by atoms with E-state index in [1.165, 1.54) is 12.1 Å². The van der Waals surface area contributed by atoms with Gasteiger partial charge in [0.15, 0.2) is 9.84 Å². The second kappa shape index (κ2) is 7.99. The van der Waals surface area contributed by atoms with Gasteiger partial charge in [-0.15, -0.1) is 0 Å². The molecule has 0 aliphatic heterocycles. The van der Waals surface area contributed by atoms with Crippen molar-refractivity contribution >= 4 is 21.7 Å². The van der Waals surface area contributed by atoms with Crippen LogP contribution in [-0.4, -0.2) is 36.7 Å². The van der Waals surface area contributed by atoms with Crippen molar-refractivity contribution in [3.63, 3.8) is 0 Å². The second-order valence-corrected chi connectivity index (χ2v) is 9.37. The molecule has 1 aliphatic rings. The molecule has 7 heteroatoms. The molecule has 6 nitrogen and oxygen atoms in total. The van der Waals surface area contributed by atoms with Crippen molar-refractivity contribution in [1.29, 1.82) is 0 Å². The van der Waals surface area contributed by atoms with Gasteiger partial charge < -0.3 is 10.4 Å². The number of carbonyl (C=O) groups is 2. The Morgan fingerprint density at radius 3 is 2.16 bits per heavy atom. The van der Waals surface area contributed by atoms with Crippen LogP contribution in [0.25, 0.3) is 0 Å². The van der Waals surface area contributed by atoms with Crippen LogP contribution in [0.15, 0.2) is 29.2 Å². The summed E-state index contributed by atoms with van der Waals surface area (Å²) in [6.07, 6.45) is 2.70. The van der Waals surface area contributed by atoms with E-state index in [1.807, 2.05) is 0 Å². The first-order valence-electron chi connectivity index (χ1n) is 8.55. The molecular formula is C18H25NO5S. The summed E-state index contributed by atoms with van der Waals surface area (Å²) in [7, 11) is -3.31. The van der Waals surface area contributed by atoms with Crippen LogP contribution in [0.3, 0.4) is 0 Å². The molecule has 0 aromatic heterocycles. The number of carboxylic acid groups (broad SMARTS) is 1. The number of benzene rings is 1. The zero-order valence-electron chi connectivity index (χ0n) is 14.6. The van der Waals surface area contributed by atoms with Crippen LogP contribution in [-0.2, 0) is 25.8 Å². The Hall–Kier alpha value is -1.89. The van der Waals surface area contributed by atoms with E-state index >= 15 is 0 Å². The molecule has 0 bridgehead atoms. The molecule has 0 unspecified atom stereocenters. The van der Waals surface area contributed by atoms with Crippen molar-refractivity contribution in [2.45, 2.75) is 62.1 Å². The number of sulfone groups is 1. The lowest BCUT2D eigenvalue weighted by Crippen LogP contribution is -2.39. The van der Waals surface area contributed by atoms with E-state index in [4.69, 9.17) is 5.11 Å². The molecule has 1 aromatic rings. The highest BCUT2D eigenvalue weighted by Gasteiger charge is 2.26. The van der Waals surface area contributed by atoms with Gasteiger partial charge in [-0.3, -0.25) is 9.59 Å². The Morgan fingerprint density at radius 1 is 1.12 bits per heavy atom. The van der Waals surface area contributed by atoms with Crippen LogP contribution >= 0.6 is 0 Å². The normalized spacial score (nSPS) is 21.1. The smallest absolute Gasteiger partial charge is 0.306 e. The molecule has 0 atom stereocenters. The zero-order valence-corrected chi connectivity index (χ0v) is 15.4. The van der Waals surface area contributed by atoms with Gasteiger partial charge in [-0.1, -0.05) is 12.1 Å². The summed E-state index contributed by atoms with van der Waals surface area (Å²) in [4.78, 5) is 23.3. The van der Waals surface area contributed by atoms with Crippen molar-refractivity contribution in [3.05, 3.63) is 29.8 Å². The molecule has 2 rings (SSSR count). The van der Waals surface area contributed by atoms with Gasteiger partial charge in [0.1, 0.15) is 0 Å². The highest BCUT2D eigenvalue weighted by molar-refractivity contribution is 7.92. The van der Waals surface area contributed by atoms with E-state index in [0.29, 0.717) is 25.7 Å². The zero-order chi connectivity index (χ0) is 18.6. The third-order valence-electron chi connectivity index (χ3n) is 4.68. The van der Waals surface area contributed by atoms with Crippen molar-refractivity contribution in [1.82, 2.24) is 5.32 Å². The Bertz CT molecular complexity index is 716. The molecule has 1 aromatic carbocycles. The lowest BCUT2D eigenvalue weighted by atomic mass is 9.86. The minimum atomic E-state index is -3.31. The van der Waals surface area contributed by atoms with E-state index in [2.05, 4.69) is 5.32 Å². The Morgan fingerprint density at radius 2 is 1.68 bits per heavy atom.